The Labute approximate surface area is 180 Å². The molecule has 1 unspecified atom stereocenters. The van der Waals surface area contributed by atoms with Crippen molar-refractivity contribution in [3.05, 3.63) is 59.7 Å². The summed E-state index contributed by atoms with van der Waals surface area (Å²) < 4.78 is 11.4. The molecule has 3 rings (SSSR count). The van der Waals surface area contributed by atoms with E-state index in [2.05, 4.69) is 48.3 Å². The maximum atomic E-state index is 5.87. The Hall–Kier alpha value is -2.11. The molecule has 1 aliphatic rings. The van der Waals surface area contributed by atoms with E-state index in [0.717, 1.165) is 49.1 Å². The van der Waals surface area contributed by atoms with Gasteiger partial charge in [0, 0.05) is 25.4 Å². The van der Waals surface area contributed by atoms with Gasteiger partial charge in [-0.05, 0) is 73.3 Å². The third-order valence-electron chi connectivity index (χ3n) is 5.17. The molecule has 1 N–H and O–H groups in total. The van der Waals surface area contributed by atoms with Crippen molar-refractivity contribution in [3.63, 3.8) is 0 Å². The number of hydrogen-bond donors (Lipinski definition) is 1. The number of ether oxygens (including phenoxy) is 2. The number of nitrogens with one attached hydrogen (secondary N) is 1. The Kier molecular flexibility index (Phi) is 7.90. The predicted molar refractivity (Wildman–Crippen MR) is 124 cm³/mol. The summed E-state index contributed by atoms with van der Waals surface area (Å²) in [6, 6.07) is 16.8. The second-order valence-corrected chi connectivity index (χ2v) is 8.19. The topological polar surface area (TPSA) is 33.7 Å². The van der Waals surface area contributed by atoms with Crippen molar-refractivity contribution in [2.45, 2.75) is 52.2 Å². The standard InChI is InChI=1S/C24H32N2O2S/c1-4-27-22-13-11-21(12-14-22)25-24(29)26(17-23-6-5-15-28-23)16-19-7-9-20(10-8-19)18(2)3/h7-14,18,23H,4-6,15-17H2,1-3H3,(H,25,29). The van der Waals surface area contributed by atoms with E-state index in [1.165, 1.54) is 11.1 Å². The zero-order chi connectivity index (χ0) is 20.6. The molecule has 2 aromatic carbocycles. The highest BCUT2D eigenvalue weighted by atomic mass is 32.1. The van der Waals surface area contributed by atoms with Crippen LogP contribution < -0.4 is 10.1 Å². The third kappa shape index (κ3) is 6.44. The van der Waals surface area contributed by atoms with Gasteiger partial charge in [0.15, 0.2) is 5.11 Å². The Morgan fingerprint density at radius 2 is 1.90 bits per heavy atom. The summed E-state index contributed by atoms with van der Waals surface area (Å²) in [6.07, 6.45) is 2.46. The van der Waals surface area contributed by atoms with Crippen LogP contribution in [-0.2, 0) is 11.3 Å². The summed E-state index contributed by atoms with van der Waals surface area (Å²) in [5.41, 5.74) is 3.57. The molecule has 29 heavy (non-hydrogen) atoms. The van der Waals surface area contributed by atoms with Gasteiger partial charge in [-0.1, -0.05) is 38.1 Å². The molecule has 4 nitrogen and oxygen atoms in total. The first kappa shape index (κ1) is 21.6. The molecule has 0 aliphatic carbocycles. The number of thiocarbonyl (C=S) groups is 1. The molecule has 1 fully saturated rings. The lowest BCUT2D eigenvalue weighted by atomic mass is 10.0. The fourth-order valence-corrected chi connectivity index (χ4v) is 3.74. The van der Waals surface area contributed by atoms with E-state index < -0.39 is 0 Å². The predicted octanol–water partition coefficient (Wildman–Crippen LogP) is 5.59. The fourth-order valence-electron chi connectivity index (χ4n) is 3.49. The van der Waals surface area contributed by atoms with Crippen LogP contribution in [0.5, 0.6) is 5.75 Å². The van der Waals surface area contributed by atoms with E-state index >= 15 is 0 Å². The average molecular weight is 413 g/mol. The zero-order valence-corrected chi connectivity index (χ0v) is 18.5. The van der Waals surface area contributed by atoms with Gasteiger partial charge in [0.1, 0.15) is 5.75 Å². The first-order valence-corrected chi connectivity index (χ1v) is 10.9. The quantitative estimate of drug-likeness (QED) is 0.572. The van der Waals surface area contributed by atoms with E-state index in [0.29, 0.717) is 12.5 Å². The van der Waals surface area contributed by atoms with Crippen LogP contribution in [0.4, 0.5) is 5.69 Å². The third-order valence-corrected chi connectivity index (χ3v) is 5.53. The van der Waals surface area contributed by atoms with Crippen molar-refractivity contribution in [1.82, 2.24) is 4.90 Å². The minimum Gasteiger partial charge on any atom is -0.494 e. The molecule has 0 bridgehead atoms. The van der Waals surface area contributed by atoms with Crippen LogP contribution in [0, 0.1) is 0 Å². The van der Waals surface area contributed by atoms with Crippen LogP contribution in [0.25, 0.3) is 0 Å². The maximum absolute atomic E-state index is 5.87. The highest BCUT2D eigenvalue weighted by Crippen LogP contribution is 2.20. The van der Waals surface area contributed by atoms with Crippen LogP contribution in [0.1, 0.15) is 50.7 Å². The van der Waals surface area contributed by atoms with Gasteiger partial charge < -0.3 is 19.7 Å². The van der Waals surface area contributed by atoms with Gasteiger partial charge in [0.2, 0.25) is 0 Å². The van der Waals surface area contributed by atoms with E-state index in [1.54, 1.807) is 0 Å². The summed E-state index contributed by atoms with van der Waals surface area (Å²) >= 11 is 5.77. The normalized spacial score (nSPS) is 16.1. The highest BCUT2D eigenvalue weighted by Gasteiger charge is 2.21. The SMILES string of the molecule is CCOc1ccc(NC(=S)N(Cc2ccc(C(C)C)cc2)CC2CCCO2)cc1. The number of benzene rings is 2. The fraction of sp³-hybridized carbons (Fsp3) is 0.458. The molecule has 0 aromatic heterocycles. The monoisotopic (exact) mass is 412 g/mol. The van der Waals surface area contributed by atoms with Crippen LogP contribution in [0.2, 0.25) is 0 Å². The Morgan fingerprint density at radius 1 is 1.17 bits per heavy atom. The van der Waals surface area contributed by atoms with Crippen molar-refractivity contribution in [2.75, 3.05) is 25.1 Å². The lowest BCUT2D eigenvalue weighted by Gasteiger charge is -2.28. The lowest BCUT2D eigenvalue weighted by Crippen LogP contribution is -2.39. The largest absolute Gasteiger partial charge is 0.494 e. The highest BCUT2D eigenvalue weighted by molar-refractivity contribution is 7.80. The van der Waals surface area contributed by atoms with E-state index in [-0.39, 0.29) is 6.10 Å². The molecule has 5 heteroatoms. The second kappa shape index (κ2) is 10.6. The molecule has 0 amide bonds. The summed E-state index contributed by atoms with van der Waals surface area (Å²) in [7, 11) is 0. The van der Waals surface area contributed by atoms with Crippen LogP contribution >= 0.6 is 12.2 Å². The van der Waals surface area contributed by atoms with Crippen LogP contribution in [0.3, 0.4) is 0 Å². The molecular formula is C24H32N2O2S. The van der Waals surface area contributed by atoms with E-state index in [4.69, 9.17) is 21.7 Å². The molecule has 0 spiro atoms. The van der Waals surface area contributed by atoms with Gasteiger partial charge in [0.25, 0.3) is 0 Å². The number of anilines is 1. The Morgan fingerprint density at radius 3 is 2.48 bits per heavy atom. The van der Waals surface area contributed by atoms with Gasteiger partial charge >= 0.3 is 0 Å². The first-order valence-electron chi connectivity index (χ1n) is 10.5. The van der Waals surface area contributed by atoms with Crippen molar-refractivity contribution in [1.29, 1.82) is 0 Å². The van der Waals surface area contributed by atoms with Gasteiger partial charge in [-0.25, -0.2) is 0 Å². The summed E-state index contributed by atoms with van der Waals surface area (Å²) in [5.74, 6) is 1.40. The van der Waals surface area contributed by atoms with Crippen molar-refractivity contribution >= 4 is 23.0 Å². The average Bonchev–Trinajstić information content (AvgIpc) is 3.23. The van der Waals surface area contributed by atoms with Crippen molar-refractivity contribution < 1.29 is 9.47 Å². The van der Waals surface area contributed by atoms with Crippen LogP contribution in [0.15, 0.2) is 48.5 Å². The van der Waals surface area contributed by atoms with Gasteiger partial charge in [-0.2, -0.15) is 0 Å². The molecule has 1 aliphatic heterocycles. The maximum Gasteiger partial charge on any atom is 0.173 e. The van der Waals surface area contributed by atoms with Crippen molar-refractivity contribution in [3.8, 4) is 5.75 Å². The molecule has 0 saturated carbocycles. The summed E-state index contributed by atoms with van der Waals surface area (Å²) in [5, 5.41) is 4.10. The number of rotatable bonds is 8. The first-order chi connectivity index (χ1) is 14.0. The Bertz CT molecular complexity index is 768. The smallest absolute Gasteiger partial charge is 0.173 e. The molecule has 1 atom stereocenters. The van der Waals surface area contributed by atoms with Crippen LogP contribution in [-0.4, -0.2) is 35.9 Å². The van der Waals surface area contributed by atoms with E-state index in [9.17, 15) is 0 Å². The van der Waals surface area contributed by atoms with Crippen molar-refractivity contribution in [2.24, 2.45) is 0 Å². The minimum atomic E-state index is 0.241. The number of hydrogen-bond acceptors (Lipinski definition) is 3. The van der Waals surface area contributed by atoms with Gasteiger partial charge in [-0.3, -0.25) is 0 Å². The molecular weight excluding hydrogens is 380 g/mol. The Balaban J connectivity index is 1.68. The van der Waals surface area contributed by atoms with E-state index in [1.807, 2.05) is 31.2 Å². The molecule has 156 valence electrons. The minimum absolute atomic E-state index is 0.241. The van der Waals surface area contributed by atoms with Gasteiger partial charge in [-0.15, -0.1) is 0 Å². The zero-order valence-electron chi connectivity index (χ0n) is 17.7. The number of nitrogens with zero attached hydrogens (tertiary/aromatic N) is 1. The lowest BCUT2D eigenvalue weighted by molar-refractivity contribution is 0.0905. The summed E-state index contributed by atoms with van der Waals surface area (Å²) in [6.45, 7) is 9.49. The molecule has 0 radical (unpaired) electrons. The molecule has 2 aromatic rings. The molecule has 1 saturated heterocycles. The second-order valence-electron chi connectivity index (χ2n) is 7.80. The summed E-state index contributed by atoms with van der Waals surface area (Å²) in [4.78, 5) is 2.21. The van der Waals surface area contributed by atoms with Gasteiger partial charge in [0.05, 0.1) is 12.7 Å². The molecule has 1 heterocycles.